The molecule has 0 saturated carbocycles. The third kappa shape index (κ3) is 3.65. The average molecular weight is 446 g/mol. The molecule has 0 amide bonds. The first-order valence-corrected chi connectivity index (χ1v) is 10.7. The number of thiazole rings is 1. The van der Waals surface area contributed by atoms with Crippen molar-refractivity contribution in [2.24, 2.45) is 0 Å². The van der Waals surface area contributed by atoms with Gasteiger partial charge in [-0.15, -0.1) is 22.7 Å². The molecule has 2 aromatic rings. The van der Waals surface area contributed by atoms with Gasteiger partial charge in [-0.3, -0.25) is 4.72 Å². The van der Waals surface area contributed by atoms with Crippen LogP contribution in [0.25, 0.3) is 0 Å². The zero-order valence-electron chi connectivity index (χ0n) is 11.8. The second kappa shape index (κ2) is 6.74. The summed E-state index contributed by atoms with van der Waals surface area (Å²) in [7, 11) is -3.74. The number of hydrogen-bond donors (Lipinski definition) is 2. The Balaban J connectivity index is 2.26. The molecule has 0 spiro atoms. The van der Waals surface area contributed by atoms with Gasteiger partial charge in [0.05, 0.1) is 5.69 Å². The molecular formula is C12H14BrClN2O3S3. The Morgan fingerprint density at radius 1 is 1.45 bits per heavy atom. The minimum atomic E-state index is -3.74. The first-order valence-electron chi connectivity index (χ1n) is 6.38. The van der Waals surface area contributed by atoms with Gasteiger partial charge in [0.25, 0.3) is 10.0 Å². The van der Waals surface area contributed by atoms with Crippen LogP contribution < -0.4 is 4.72 Å². The van der Waals surface area contributed by atoms with E-state index in [-0.39, 0.29) is 9.34 Å². The Morgan fingerprint density at radius 3 is 2.59 bits per heavy atom. The van der Waals surface area contributed by atoms with Gasteiger partial charge in [0, 0.05) is 9.85 Å². The zero-order valence-corrected chi connectivity index (χ0v) is 16.6. The lowest BCUT2D eigenvalue weighted by molar-refractivity contribution is 0.0247. The van der Waals surface area contributed by atoms with E-state index in [1.54, 1.807) is 5.38 Å². The van der Waals surface area contributed by atoms with Gasteiger partial charge < -0.3 is 5.11 Å². The van der Waals surface area contributed by atoms with Gasteiger partial charge in [0.1, 0.15) is 14.1 Å². The third-order valence-corrected chi connectivity index (χ3v) is 8.43. The summed E-state index contributed by atoms with van der Waals surface area (Å²) in [6, 6.07) is 1.44. The molecule has 2 rings (SSSR count). The van der Waals surface area contributed by atoms with Crippen LogP contribution in [-0.2, 0) is 15.6 Å². The predicted octanol–water partition coefficient (Wildman–Crippen LogP) is 4.43. The number of nitrogens with zero attached hydrogens (tertiary/aromatic N) is 1. The highest BCUT2D eigenvalue weighted by Gasteiger charge is 2.29. The topological polar surface area (TPSA) is 79.3 Å². The largest absolute Gasteiger partial charge is 0.384 e. The van der Waals surface area contributed by atoms with Crippen LogP contribution in [0.1, 0.15) is 32.4 Å². The fourth-order valence-electron chi connectivity index (χ4n) is 1.77. The Hall–Kier alpha value is -0.190. The van der Waals surface area contributed by atoms with Crippen molar-refractivity contribution in [2.75, 3.05) is 4.72 Å². The van der Waals surface area contributed by atoms with Gasteiger partial charge >= 0.3 is 0 Å². The Morgan fingerprint density at radius 2 is 2.09 bits per heavy atom. The van der Waals surface area contributed by atoms with Crippen LogP contribution in [0.5, 0.6) is 0 Å². The predicted molar refractivity (Wildman–Crippen MR) is 94.4 cm³/mol. The van der Waals surface area contributed by atoms with Gasteiger partial charge in [0.2, 0.25) is 0 Å². The lowest BCUT2D eigenvalue weighted by Crippen LogP contribution is -2.24. The number of halogens is 2. The monoisotopic (exact) mass is 444 g/mol. The molecular weight excluding hydrogens is 432 g/mol. The van der Waals surface area contributed by atoms with Crippen LogP contribution in [0.4, 0.5) is 5.13 Å². The second-order valence-corrected chi connectivity index (χ2v) is 9.85. The Bertz CT molecular complexity index is 749. The number of aromatic nitrogens is 1. The highest BCUT2D eigenvalue weighted by molar-refractivity contribution is 9.10. The molecule has 2 aromatic heterocycles. The summed E-state index contributed by atoms with van der Waals surface area (Å²) in [4.78, 5) is 4.20. The molecule has 0 aliphatic heterocycles. The van der Waals surface area contributed by atoms with Crippen molar-refractivity contribution in [2.45, 2.75) is 36.5 Å². The summed E-state index contributed by atoms with van der Waals surface area (Å²) in [6.45, 7) is 3.72. The SMILES string of the molecule is CCC(O)(CC)c1csc(NS(=O)(=O)c2cc(Br)c(Cl)s2)n1. The summed E-state index contributed by atoms with van der Waals surface area (Å²) in [5.41, 5.74) is -0.555. The summed E-state index contributed by atoms with van der Waals surface area (Å²) >= 11 is 11.2. The molecule has 0 saturated heterocycles. The highest BCUT2D eigenvalue weighted by Crippen LogP contribution is 2.36. The van der Waals surface area contributed by atoms with E-state index in [4.69, 9.17) is 11.6 Å². The van der Waals surface area contributed by atoms with E-state index in [1.165, 1.54) is 6.07 Å². The maximum atomic E-state index is 12.3. The average Bonchev–Trinajstić information content (AvgIpc) is 3.06. The number of nitrogens with one attached hydrogen (secondary N) is 1. The Kier molecular flexibility index (Phi) is 5.56. The summed E-state index contributed by atoms with van der Waals surface area (Å²) in [6.07, 6.45) is 1.01. The van der Waals surface area contributed by atoms with E-state index in [0.717, 1.165) is 22.7 Å². The van der Waals surface area contributed by atoms with Crippen LogP contribution in [0, 0.1) is 0 Å². The lowest BCUT2D eigenvalue weighted by Gasteiger charge is -2.22. The van der Waals surface area contributed by atoms with Crippen molar-refractivity contribution < 1.29 is 13.5 Å². The normalized spacial score (nSPS) is 12.6. The molecule has 0 fully saturated rings. The highest BCUT2D eigenvalue weighted by atomic mass is 79.9. The molecule has 22 heavy (non-hydrogen) atoms. The standard InChI is InChI=1S/C12H14BrClN2O3S3/c1-3-12(17,4-2)8-6-20-11(15-8)16-22(18,19)9-5-7(13)10(14)21-9/h5-6,17H,3-4H2,1-2H3,(H,15,16). The Labute approximate surface area is 150 Å². The van der Waals surface area contributed by atoms with Crippen molar-refractivity contribution in [1.29, 1.82) is 0 Å². The molecule has 0 unspecified atom stereocenters. The zero-order chi connectivity index (χ0) is 16.5. The maximum absolute atomic E-state index is 12.3. The molecule has 0 radical (unpaired) electrons. The first-order chi connectivity index (χ1) is 10.2. The van der Waals surface area contributed by atoms with Crippen molar-refractivity contribution in [1.82, 2.24) is 4.98 Å². The van der Waals surface area contributed by atoms with E-state index in [2.05, 4.69) is 25.6 Å². The summed E-state index contributed by atoms with van der Waals surface area (Å²) in [5.74, 6) is 0. The van der Waals surface area contributed by atoms with Gasteiger partial charge in [-0.1, -0.05) is 25.4 Å². The van der Waals surface area contributed by atoms with E-state index in [1.807, 2.05) is 13.8 Å². The van der Waals surface area contributed by atoms with Crippen LogP contribution in [0.15, 0.2) is 20.1 Å². The van der Waals surface area contributed by atoms with Crippen LogP contribution in [0.3, 0.4) is 0 Å². The maximum Gasteiger partial charge on any atom is 0.273 e. The third-order valence-electron chi connectivity index (χ3n) is 3.26. The molecule has 10 heteroatoms. The molecule has 0 aromatic carbocycles. The molecule has 122 valence electrons. The number of sulfonamides is 1. The molecule has 0 atom stereocenters. The minimum Gasteiger partial charge on any atom is -0.384 e. The van der Waals surface area contributed by atoms with Crippen LogP contribution in [0.2, 0.25) is 4.34 Å². The number of rotatable bonds is 6. The van der Waals surface area contributed by atoms with Gasteiger partial charge in [-0.25, -0.2) is 13.4 Å². The van der Waals surface area contributed by atoms with Crippen LogP contribution >= 0.6 is 50.2 Å². The van der Waals surface area contributed by atoms with Gasteiger partial charge in [0.15, 0.2) is 5.13 Å². The molecule has 2 heterocycles. The molecule has 5 nitrogen and oxygen atoms in total. The fraction of sp³-hybridized carbons (Fsp3) is 0.417. The van der Waals surface area contributed by atoms with Gasteiger partial charge in [-0.05, 0) is 34.8 Å². The minimum absolute atomic E-state index is 0.0994. The fourth-order valence-corrected chi connectivity index (χ4v) is 6.13. The van der Waals surface area contributed by atoms with Crippen molar-refractivity contribution in [3.63, 3.8) is 0 Å². The van der Waals surface area contributed by atoms with E-state index >= 15 is 0 Å². The van der Waals surface area contributed by atoms with E-state index < -0.39 is 15.6 Å². The molecule has 0 bridgehead atoms. The van der Waals surface area contributed by atoms with Crippen molar-refractivity contribution in [3.05, 3.63) is 25.9 Å². The van der Waals surface area contributed by atoms with Crippen molar-refractivity contribution in [3.8, 4) is 0 Å². The van der Waals surface area contributed by atoms with Crippen LogP contribution in [-0.4, -0.2) is 18.5 Å². The molecule has 0 aliphatic rings. The first kappa shape index (κ1) is 18.2. The van der Waals surface area contributed by atoms with E-state index in [0.29, 0.717) is 27.3 Å². The second-order valence-electron chi connectivity index (χ2n) is 4.57. The number of hydrogen-bond acceptors (Lipinski definition) is 6. The number of thiophene rings is 1. The van der Waals surface area contributed by atoms with E-state index in [9.17, 15) is 13.5 Å². The quantitative estimate of drug-likeness (QED) is 0.689. The summed E-state index contributed by atoms with van der Waals surface area (Å²) in [5, 5.41) is 12.3. The van der Waals surface area contributed by atoms with Crippen molar-refractivity contribution >= 4 is 65.4 Å². The smallest absolute Gasteiger partial charge is 0.273 e. The molecule has 2 N–H and O–H groups in total. The lowest BCUT2D eigenvalue weighted by atomic mass is 9.94. The summed E-state index contributed by atoms with van der Waals surface area (Å²) < 4.78 is 28.0. The number of anilines is 1. The number of aliphatic hydroxyl groups is 1. The van der Waals surface area contributed by atoms with Gasteiger partial charge in [-0.2, -0.15) is 0 Å². The molecule has 0 aliphatic carbocycles.